The van der Waals surface area contributed by atoms with E-state index in [1.807, 2.05) is 18.3 Å². The van der Waals surface area contributed by atoms with E-state index in [-0.39, 0.29) is 0 Å². The Kier molecular flexibility index (Phi) is 4.12. The summed E-state index contributed by atoms with van der Waals surface area (Å²) in [5, 5.41) is 6.05. The Morgan fingerprint density at radius 2 is 1.81 bits per heavy atom. The van der Waals surface area contributed by atoms with Gasteiger partial charge in [-0.3, -0.25) is 0 Å². The highest BCUT2D eigenvalue weighted by Crippen LogP contribution is 2.18. The quantitative estimate of drug-likeness (QED) is 0.775. The van der Waals surface area contributed by atoms with Gasteiger partial charge in [0, 0.05) is 25.4 Å². The van der Waals surface area contributed by atoms with Crippen LogP contribution >= 0.6 is 0 Å². The summed E-state index contributed by atoms with van der Waals surface area (Å²) < 4.78 is 5.06. The van der Waals surface area contributed by atoms with Crippen LogP contribution in [0.2, 0.25) is 0 Å². The van der Waals surface area contributed by atoms with Gasteiger partial charge in [-0.05, 0) is 21.9 Å². The lowest BCUT2D eigenvalue weighted by molar-refractivity contribution is 0.397. The van der Waals surface area contributed by atoms with Crippen LogP contribution in [0.5, 0.6) is 5.88 Å². The Morgan fingerprint density at radius 1 is 0.952 bits per heavy atom. The zero-order valence-electron chi connectivity index (χ0n) is 12.0. The molecule has 0 saturated carbocycles. The number of hydrogen-bond acceptors (Lipinski definition) is 3. The van der Waals surface area contributed by atoms with Crippen LogP contribution in [0.1, 0.15) is 11.1 Å². The molecule has 3 heteroatoms. The fourth-order valence-corrected chi connectivity index (χ4v) is 2.42. The predicted molar refractivity (Wildman–Crippen MR) is 85.3 cm³/mol. The van der Waals surface area contributed by atoms with Gasteiger partial charge in [-0.25, -0.2) is 4.98 Å². The van der Waals surface area contributed by atoms with E-state index in [2.05, 4.69) is 52.8 Å². The van der Waals surface area contributed by atoms with E-state index in [0.717, 1.165) is 18.7 Å². The zero-order chi connectivity index (χ0) is 14.5. The molecular formula is C18H18N2O. The Bertz CT molecular complexity index is 717. The first kappa shape index (κ1) is 13.6. The van der Waals surface area contributed by atoms with Gasteiger partial charge < -0.3 is 10.1 Å². The molecule has 1 N–H and O–H groups in total. The number of fused-ring (bicyclic) bond motifs is 1. The van der Waals surface area contributed by atoms with Crippen molar-refractivity contribution in [3.63, 3.8) is 0 Å². The van der Waals surface area contributed by atoms with Crippen molar-refractivity contribution >= 4 is 10.8 Å². The van der Waals surface area contributed by atoms with Crippen LogP contribution in [0.15, 0.2) is 60.8 Å². The van der Waals surface area contributed by atoms with Gasteiger partial charge in [-0.1, -0.05) is 48.5 Å². The third-order valence-electron chi connectivity index (χ3n) is 3.53. The lowest BCUT2D eigenvalue weighted by atomic mass is 10.0. The molecule has 0 bridgehead atoms. The highest BCUT2D eigenvalue weighted by molar-refractivity contribution is 5.85. The van der Waals surface area contributed by atoms with Crippen molar-refractivity contribution in [3.05, 3.63) is 71.9 Å². The van der Waals surface area contributed by atoms with Crippen molar-refractivity contribution in [2.24, 2.45) is 0 Å². The third-order valence-corrected chi connectivity index (χ3v) is 3.53. The third kappa shape index (κ3) is 3.20. The minimum Gasteiger partial charge on any atom is -0.481 e. The molecule has 0 unspecified atom stereocenters. The average Bonchev–Trinajstić information content (AvgIpc) is 2.56. The molecule has 106 valence electrons. The second kappa shape index (κ2) is 6.37. The molecule has 3 nitrogen and oxygen atoms in total. The predicted octanol–water partition coefficient (Wildman–Crippen LogP) is 3.53. The maximum Gasteiger partial charge on any atom is 0.212 e. The number of benzene rings is 2. The summed E-state index contributed by atoms with van der Waals surface area (Å²) in [6.07, 6.45) is 1.84. The number of pyridine rings is 1. The fraction of sp³-hybridized carbons (Fsp3) is 0.167. The summed E-state index contributed by atoms with van der Waals surface area (Å²) in [5.74, 6) is 0.646. The molecule has 0 amide bonds. The van der Waals surface area contributed by atoms with Gasteiger partial charge in [0.25, 0.3) is 0 Å². The number of aromatic nitrogens is 1. The van der Waals surface area contributed by atoms with Crippen LogP contribution in [0, 0.1) is 0 Å². The van der Waals surface area contributed by atoms with Crippen molar-refractivity contribution in [2.75, 3.05) is 7.11 Å². The van der Waals surface area contributed by atoms with Crippen LogP contribution in [0.25, 0.3) is 10.8 Å². The zero-order valence-corrected chi connectivity index (χ0v) is 12.0. The minimum atomic E-state index is 0.646. The number of nitrogens with zero attached hydrogens (tertiary/aromatic N) is 1. The maximum atomic E-state index is 5.06. The maximum absolute atomic E-state index is 5.06. The molecule has 0 fully saturated rings. The monoisotopic (exact) mass is 278 g/mol. The number of ether oxygens (including phenoxy) is 1. The Hall–Kier alpha value is -2.39. The highest BCUT2D eigenvalue weighted by Gasteiger charge is 2.00. The molecule has 0 radical (unpaired) electrons. The first-order valence-corrected chi connectivity index (χ1v) is 7.03. The van der Waals surface area contributed by atoms with Gasteiger partial charge in [0.1, 0.15) is 0 Å². The van der Waals surface area contributed by atoms with E-state index in [4.69, 9.17) is 4.74 Å². The molecule has 1 aromatic heterocycles. The van der Waals surface area contributed by atoms with Crippen molar-refractivity contribution in [1.29, 1.82) is 0 Å². The first-order chi connectivity index (χ1) is 10.4. The van der Waals surface area contributed by atoms with Gasteiger partial charge in [0.15, 0.2) is 0 Å². The van der Waals surface area contributed by atoms with E-state index < -0.39 is 0 Å². The minimum absolute atomic E-state index is 0.646. The number of hydrogen-bond donors (Lipinski definition) is 1. The van der Waals surface area contributed by atoms with Crippen LogP contribution in [-0.2, 0) is 13.1 Å². The Morgan fingerprint density at radius 3 is 2.62 bits per heavy atom. The molecule has 21 heavy (non-hydrogen) atoms. The smallest absolute Gasteiger partial charge is 0.212 e. The fourth-order valence-electron chi connectivity index (χ4n) is 2.42. The van der Waals surface area contributed by atoms with E-state index in [9.17, 15) is 0 Å². The average molecular weight is 278 g/mol. The highest BCUT2D eigenvalue weighted by atomic mass is 16.5. The molecule has 0 aliphatic heterocycles. The van der Waals surface area contributed by atoms with Crippen molar-refractivity contribution < 1.29 is 4.74 Å². The van der Waals surface area contributed by atoms with Gasteiger partial charge in [-0.15, -0.1) is 0 Å². The first-order valence-electron chi connectivity index (χ1n) is 7.03. The Balaban J connectivity index is 1.66. The SMILES string of the molecule is COc1ccc(CNCc2cccc3ccccc23)cn1. The van der Waals surface area contributed by atoms with Crippen LogP contribution in [-0.4, -0.2) is 12.1 Å². The molecule has 0 aliphatic rings. The second-order valence-corrected chi connectivity index (χ2v) is 4.95. The number of nitrogens with one attached hydrogen (secondary N) is 1. The molecule has 0 atom stereocenters. The van der Waals surface area contributed by atoms with Crippen molar-refractivity contribution in [2.45, 2.75) is 13.1 Å². The van der Waals surface area contributed by atoms with Crippen LogP contribution in [0.4, 0.5) is 0 Å². The van der Waals surface area contributed by atoms with Gasteiger partial charge >= 0.3 is 0 Å². The lowest BCUT2D eigenvalue weighted by Gasteiger charge is -2.08. The van der Waals surface area contributed by atoms with Crippen molar-refractivity contribution in [1.82, 2.24) is 10.3 Å². The van der Waals surface area contributed by atoms with E-state index in [0.29, 0.717) is 5.88 Å². The second-order valence-electron chi connectivity index (χ2n) is 4.95. The van der Waals surface area contributed by atoms with E-state index in [1.54, 1.807) is 7.11 Å². The molecule has 2 aromatic carbocycles. The standard InChI is InChI=1S/C18H18N2O/c1-21-18-10-9-14(12-20-18)11-19-13-16-7-4-6-15-5-2-3-8-17(15)16/h2-10,12,19H,11,13H2,1H3. The largest absolute Gasteiger partial charge is 0.481 e. The lowest BCUT2D eigenvalue weighted by Crippen LogP contribution is -2.13. The summed E-state index contributed by atoms with van der Waals surface area (Å²) in [4.78, 5) is 4.21. The topological polar surface area (TPSA) is 34.1 Å². The summed E-state index contributed by atoms with van der Waals surface area (Å²) in [6.45, 7) is 1.63. The molecule has 0 saturated heterocycles. The molecular weight excluding hydrogens is 260 g/mol. The normalized spacial score (nSPS) is 10.7. The summed E-state index contributed by atoms with van der Waals surface area (Å²) in [6, 6.07) is 18.8. The van der Waals surface area contributed by atoms with Gasteiger partial charge in [0.05, 0.1) is 7.11 Å². The van der Waals surface area contributed by atoms with E-state index >= 15 is 0 Å². The molecule has 0 aliphatic carbocycles. The van der Waals surface area contributed by atoms with Crippen molar-refractivity contribution in [3.8, 4) is 5.88 Å². The molecule has 3 rings (SSSR count). The molecule has 0 spiro atoms. The van der Waals surface area contributed by atoms with Gasteiger partial charge in [-0.2, -0.15) is 0 Å². The van der Waals surface area contributed by atoms with Gasteiger partial charge in [0.2, 0.25) is 5.88 Å². The molecule has 1 heterocycles. The van der Waals surface area contributed by atoms with E-state index in [1.165, 1.54) is 16.3 Å². The summed E-state index contributed by atoms with van der Waals surface area (Å²) >= 11 is 0. The van der Waals surface area contributed by atoms with Crippen LogP contribution < -0.4 is 10.1 Å². The summed E-state index contributed by atoms with van der Waals surface area (Å²) in [7, 11) is 1.63. The number of rotatable bonds is 5. The van der Waals surface area contributed by atoms with Crippen LogP contribution in [0.3, 0.4) is 0 Å². The summed E-state index contributed by atoms with van der Waals surface area (Å²) in [5.41, 5.74) is 2.46. The Labute approximate surface area is 124 Å². The number of methoxy groups -OCH3 is 1. The molecule has 3 aromatic rings.